The Morgan fingerprint density at radius 2 is 1.94 bits per heavy atom. The molecule has 94 valence electrons. The Bertz CT molecular complexity index is 207. The number of hydrogen-bond acceptors (Lipinski definition) is 3. The van der Waals surface area contributed by atoms with Crippen LogP contribution in [0.2, 0.25) is 0 Å². The zero-order valence-electron chi connectivity index (χ0n) is 10.9. The van der Waals surface area contributed by atoms with Gasteiger partial charge in [0.1, 0.15) is 0 Å². The molecule has 0 radical (unpaired) electrons. The maximum absolute atomic E-state index is 3.23. The molecule has 2 unspecified atom stereocenters. The Hall–Kier alpha value is -0.120. The molecule has 0 aromatic rings. The Kier molecular flexibility index (Phi) is 4.62. The van der Waals surface area contributed by atoms with Crippen molar-refractivity contribution in [1.29, 1.82) is 0 Å². The van der Waals surface area contributed by atoms with Gasteiger partial charge in [0.2, 0.25) is 0 Å². The third-order valence-electron chi connectivity index (χ3n) is 4.38. The molecule has 2 atom stereocenters. The fourth-order valence-electron chi connectivity index (χ4n) is 3.22. The van der Waals surface area contributed by atoms with E-state index in [1.54, 1.807) is 0 Å². The smallest absolute Gasteiger partial charge is 0.0223 e. The molecule has 0 aromatic carbocycles. The van der Waals surface area contributed by atoms with E-state index in [2.05, 4.69) is 22.2 Å². The van der Waals surface area contributed by atoms with Crippen molar-refractivity contribution in [2.24, 2.45) is 0 Å². The van der Waals surface area contributed by atoms with E-state index in [0.717, 1.165) is 12.1 Å². The minimum absolute atomic E-state index is 0.844. The molecule has 3 nitrogen and oxygen atoms in total. The quantitative estimate of drug-likeness (QED) is 0.708. The summed E-state index contributed by atoms with van der Waals surface area (Å²) < 4.78 is 0. The lowest BCUT2D eigenvalue weighted by Gasteiger charge is -2.25. The van der Waals surface area contributed by atoms with Crippen LogP contribution < -0.4 is 5.32 Å². The standard InChI is InChI=1S/C13H27N3/c1-14-8-3-4-9-16-10-7-12-5-6-13(11-16)15(12)2/h12-14H,3-11H2,1-2H3. The van der Waals surface area contributed by atoms with E-state index >= 15 is 0 Å². The van der Waals surface area contributed by atoms with Gasteiger partial charge in [-0.3, -0.25) is 4.90 Å². The predicted octanol–water partition coefficient (Wildman–Crippen LogP) is 1.15. The second-order valence-electron chi connectivity index (χ2n) is 5.45. The number of fused-ring (bicyclic) bond motifs is 2. The van der Waals surface area contributed by atoms with Crippen molar-refractivity contribution < 1.29 is 0 Å². The number of nitrogens with one attached hydrogen (secondary N) is 1. The van der Waals surface area contributed by atoms with Gasteiger partial charge in [-0.05, 0) is 65.8 Å². The molecule has 0 aliphatic carbocycles. The van der Waals surface area contributed by atoms with E-state index < -0.39 is 0 Å². The molecule has 2 aliphatic rings. The van der Waals surface area contributed by atoms with Crippen LogP contribution in [0, 0.1) is 0 Å². The van der Waals surface area contributed by atoms with Crippen molar-refractivity contribution >= 4 is 0 Å². The second kappa shape index (κ2) is 5.99. The SMILES string of the molecule is CNCCCCN1CCC2CCC(C1)N2C. The summed E-state index contributed by atoms with van der Waals surface area (Å²) in [6.07, 6.45) is 6.92. The summed E-state index contributed by atoms with van der Waals surface area (Å²) in [4.78, 5) is 5.32. The molecule has 16 heavy (non-hydrogen) atoms. The number of hydrogen-bond donors (Lipinski definition) is 1. The first-order valence-corrected chi connectivity index (χ1v) is 6.90. The molecule has 0 amide bonds. The molecule has 2 aliphatic heterocycles. The fourth-order valence-corrected chi connectivity index (χ4v) is 3.22. The fraction of sp³-hybridized carbons (Fsp3) is 1.00. The van der Waals surface area contributed by atoms with Gasteiger partial charge in [-0.1, -0.05) is 0 Å². The molecule has 2 fully saturated rings. The summed E-state index contributed by atoms with van der Waals surface area (Å²) in [7, 11) is 4.37. The van der Waals surface area contributed by atoms with Gasteiger partial charge in [-0.25, -0.2) is 0 Å². The number of likely N-dealkylation sites (tertiary alicyclic amines) is 1. The molecule has 0 saturated carbocycles. The minimum atomic E-state index is 0.844. The van der Waals surface area contributed by atoms with E-state index in [9.17, 15) is 0 Å². The molecule has 2 heterocycles. The summed E-state index contributed by atoms with van der Waals surface area (Å²) in [5.41, 5.74) is 0. The van der Waals surface area contributed by atoms with Gasteiger partial charge in [0.25, 0.3) is 0 Å². The number of nitrogens with zero attached hydrogens (tertiary/aromatic N) is 2. The largest absolute Gasteiger partial charge is 0.320 e. The molecule has 3 heteroatoms. The highest BCUT2D eigenvalue weighted by atomic mass is 15.3. The van der Waals surface area contributed by atoms with Crippen molar-refractivity contribution in [3.8, 4) is 0 Å². The number of likely N-dealkylation sites (N-methyl/N-ethyl adjacent to an activating group) is 1. The van der Waals surface area contributed by atoms with Crippen LogP contribution in [0.3, 0.4) is 0 Å². The van der Waals surface area contributed by atoms with Crippen molar-refractivity contribution in [1.82, 2.24) is 15.1 Å². The highest BCUT2D eigenvalue weighted by Crippen LogP contribution is 2.28. The van der Waals surface area contributed by atoms with E-state index in [-0.39, 0.29) is 0 Å². The lowest BCUT2D eigenvalue weighted by atomic mass is 10.1. The third kappa shape index (κ3) is 2.96. The van der Waals surface area contributed by atoms with Gasteiger partial charge in [0.15, 0.2) is 0 Å². The van der Waals surface area contributed by atoms with Gasteiger partial charge in [0, 0.05) is 18.6 Å². The first-order valence-electron chi connectivity index (χ1n) is 6.90. The molecule has 2 saturated heterocycles. The average molecular weight is 225 g/mol. The Morgan fingerprint density at radius 3 is 2.75 bits per heavy atom. The van der Waals surface area contributed by atoms with Crippen LogP contribution in [0.5, 0.6) is 0 Å². The van der Waals surface area contributed by atoms with Crippen LogP contribution in [0.25, 0.3) is 0 Å². The zero-order chi connectivity index (χ0) is 11.4. The molecule has 0 spiro atoms. The van der Waals surface area contributed by atoms with Gasteiger partial charge in [0.05, 0.1) is 0 Å². The molecular weight excluding hydrogens is 198 g/mol. The van der Waals surface area contributed by atoms with Gasteiger partial charge in [-0.2, -0.15) is 0 Å². The second-order valence-corrected chi connectivity index (χ2v) is 5.45. The van der Waals surface area contributed by atoms with Gasteiger partial charge < -0.3 is 10.2 Å². The predicted molar refractivity (Wildman–Crippen MR) is 68.8 cm³/mol. The molecule has 2 rings (SSSR count). The molecule has 1 N–H and O–H groups in total. The molecular formula is C13H27N3. The first-order chi connectivity index (χ1) is 7.81. The number of rotatable bonds is 5. The zero-order valence-corrected chi connectivity index (χ0v) is 10.9. The monoisotopic (exact) mass is 225 g/mol. The highest BCUT2D eigenvalue weighted by molar-refractivity contribution is 4.90. The van der Waals surface area contributed by atoms with Crippen LogP contribution >= 0.6 is 0 Å². The van der Waals surface area contributed by atoms with E-state index in [1.807, 2.05) is 7.05 Å². The lowest BCUT2D eigenvalue weighted by molar-refractivity contribution is 0.217. The van der Waals surface area contributed by atoms with Crippen molar-refractivity contribution in [2.75, 3.05) is 40.3 Å². The van der Waals surface area contributed by atoms with Crippen LogP contribution in [0.15, 0.2) is 0 Å². The first kappa shape index (κ1) is 12.3. The summed E-state index contributed by atoms with van der Waals surface area (Å²) >= 11 is 0. The summed E-state index contributed by atoms with van der Waals surface area (Å²) in [6.45, 7) is 5.11. The van der Waals surface area contributed by atoms with E-state index in [1.165, 1.54) is 58.3 Å². The van der Waals surface area contributed by atoms with Crippen molar-refractivity contribution in [2.45, 2.75) is 44.2 Å². The van der Waals surface area contributed by atoms with Crippen LogP contribution in [0.4, 0.5) is 0 Å². The third-order valence-corrected chi connectivity index (χ3v) is 4.38. The maximum Gasteiger partial charge on any atom is 0.0223 e. The topological polar surface area (TPSA) is 18.5 Å². The Morgan fingerprint density at radius 1 is 1.12 bits per heavy atom. The number of unbranched alkanes of at least 4 members (excludes halogenated alkanes) is 1. The Balaban J connectivity index is 1.71. The van der Waals surface area contributed by atoms with Gasteiger partial charge in [-0.15, -0.1) is 0 Å². The summed E-state index contributed by atoms with van der Waals surface area (Å²) in [5, 5.41) is 3.23. The van der Waals surface area contributed by atoms with Gasteiger partial charge >= 0.3 is 0 Å². The normalized spacial score (nSPS) is 31.9. The minimum Gasteiger partial charge on any atom is -0.320 e. The van der Waals surface area contributed by atoms with Crippen molar-refractivity contribution in [3.63, 3.8) is 0 Å². The van der Waals surface area contributed by atoms with Crippen LogP contribution in [0.1, 0.15) is 32.1 Å². The van der Waals surface area contributed by atoms with Crippen molar-refractivity contribution in [3.05, 3.63) is 0 Å². The van der Waals surface area contributed by atoms with E-state index in [0.29, 0.717) is 0 Å². The summed E-state index contributed by atoms with van der Waals surface area (Å²) in [5.74, 6) is 0. The summed E-state index contributed by atoms with van der Waals surface area (Å²) in [6, 6.07) is 1.73. The van der Waals surface area contributed by atoms with E-state index in [4.69, 9.17) is 0 Å². The average Bonchev–Trinajstić information content (AvgIpc) is 2.51. The maximum atomic E-state index is 3.23. The molecule has 0 aromatic heterocycles. The molecule has 2 bridgehead atoms. The Labute approximate surface area is 100 Å². The highest BCUT2D eigenvalue weighted by Gasteiger charge is 2.34. The van der Waals surface area contributed by atoms with Crippen LogP contribution in [-0.2, 0) is 0 Å². The lowest BCUT2D eigenvalue weighted by Crippen LogP contribution is -2.37. The van der Waals surface area contributed by atoms with Crippen LogP contribution in [-0.4, -0.2) is 62.2 Å².